The molecule has 2 fully saturated rings. The molecule has 0 bridgehead atoms. The standard InChI is InChI=1S/C25H33ClN4O2/c26-24-7-6-23(31)18-22(24)19-28-14-16-30(17-15-28)25(32)20-29-12-10-27(11-13-29)9-8-21-4-2-1-3-5-21/h1-7,18,31H,8-17,19-20H2. The predicted octanol–water partition coefficient (Wildman–Crippen LogP) is 2.55. The Morgan fingerprint density at radius 1 is 0.844 bits per heavy atom. The van der Waals surface area contributed by atoms with Gasteiger partial charge in [-0.3, -0.25) is 14.6 Å². The summed E-state index contributed by atoms with van der Waals surface area (Å²) in [4.78, 5) is 21.9. The lowest BCUT2D eigenvalue weighted by atomic mass is 10.1. The molecule has 0 saturated carbocycles. The van der Waals surface area contributed by atoms with E-state index in [0.717, 1.165) is 70.9 Å². The van der Waals surface area contributed by atoms with E-state index in [0.29, 0.717) is 18.1 Å². The van der Waals surface area contributed by atoms with E-state index in [4.69, 9.17) is 11.6 Å². The van der Waals surface area contributed by atoms with Crippen LogP contribution in [-0.2, 0) is 17.8 Å². The highest BCUT2D eigenvalue weighted by Crippen LogP contribution is 2.23. The van der Waals surface area contributed by atoms with Gasteiger partial charge in [0.1, 0.15) is 5.75 Å². The molecule has 2 aliphatic rings. The van der Waals surface area contributed by atoms with Gasteiger partial charge < -0.3 is 14.9 Å². The number of benzene rings is 2. The molecule has 0 atom stereocenters. The molecule has 2 saturated heterocycles. The molecule has 0 aromatic heterocycles. The number of phenols is 1. The van der Waals surface area contributed by atoms with Gasteiger partial charge >= 0.3 is 0 Å². The second kappa shape index (κ2) is 11.1. The zero-order valence-electron chi connectivity index (χ0n) is 18.6. The first-order valence-corrected chi connectivity index (χ1v) is 11.9. The Bertz CT molecular complexity index is 879. The molecule has 6 nitrogen and oxygen atoms in total. The summed E-state index contributed by atoms with van der Waals surface area (Å²) in [5.41, 5.74) is 2.31. The Morgan fingerprint density at radius 2 is 1.50 bits per heavy atom. The second-order valence-corrected chi connectivity index (χ2v) is 9.19. The Morgan fingerprint density at radius 3 is 2.22 bits per heavy atom. The summed E-state index contributed by atoms with van der Waals surface area (Å²) in [6.45, 7) is 9.39. The third-order valence-electron chi connectivity index (χ3n) is 6.53. The fraction of sp³-hybridized carbons (Fsp3) is 0.480. The van der Waals surface area contributed by atoms with Crippen LogP contribution in [0.25, 0.3) is 0 Å². The number of rotatable bonds is 7. The van der Waals surface area contributed by atoms with Crippen LogP contribution in [0.4, 0.5) is 0 Å². The molecule has 172 valence electrons. The smallest absolute Gasteiger partial charge is 0.236 e. The number of carbonyl (C=O) groups excluding carboxylic acids is 1. The Labute approximate surface area is 196 Å². The minimum absolute atomic E-state index is 0.234. The lowest BCUT2D eigenvalue weighted by Crippen LogP contribution is -2.53. The summed E-state index contributed by atoms with van der Waals surface area (Å²) in [6.07, 6.45) is 1.08. The highest BCUT2D eigenvalue weighted by molar-refractivity contribution is 6.31. The van der Waals surface area contributed by atoms with E-state index in [1.54, 1.807) is 18.2 Å². The average Bonchev–Trinajstić information content (AvgIpc) is 2.82. The van der Waals surface area contributed by atoms with Crippen molar-refractivity contribution >= 4 is 17.5 Å². The van der Waals surface area contributed by atoms with Crippen LogP contribution in [0.1, 0.15) is 11.1 Å². The highest BCUT2D eigenvalue weighted by Gasteiger charge is 2.25. The minimum atomic E-state index is 0.234. The van der Waals surface area contributed by atoms with E-state index < -0.39 is 0 Å². The summed E-state index contributed by atoms with van der Waals surface area (Å²) in [6, 6.07) is 15.7. The summed E-state index contributed by atoms with van der Waals surface area (Å²) in [5, 5.41) is 10.4. The van der Waals surface area contributed by atoms with Gasteiger partial charge in [0, 0.05) is 70.5 Å². The Kier molecular flexibility index (Phi) is 8.03. The first-order chi connectivity index (χ1) is 15.6. The predicted molar refractivity (Wildman–Crippen MR) is 128 cm³/mol. The number of aromatic hydroxyl groups is 1. The van der Waals surface area contributed by atoms with Crippen molar-refractivity contribution in [3.8, 4) is 5.75 Å². The van der Waals surface area contributed by atoms with E-state index in [9.17, 15) is 9.90 Å². The largest absolute Gasteiger partial charge is 0.508 e. The molecule has 0 spiro atoms. The first-order valence-electron chi connectivity index (χ1n) is 11.5. The van der Waals surface area contributed by atoms with Crippen molar-refractivity contribution in [2.45, 2.75) is 13.0 Å². The molecule has 2 aromatic rings. The minimum Gasteiger partial charge on any atom is -0.508 e. The molecule has 32 heavy (non-hydrogen) atoms. The zero-order valence-corrected chi connectivity index (χ0v) is 19.4. The van der Waals surface area contributed by atoms with Gasteiger partial charge in [-0.15, -0.1) is 0 Å². The van der Waals surface area contributed by atoms with Crippen molar-refractivity contribution < 1.29 is 9.90 Å². The van der Waals surface area contributed by atoms with Crippen LogP contribution in [-0.4, -0.2) is 96.1 Å². The van der Waals surface area contributed by atoms with E-state index in [2.05, 4.69) is 45.0 Å². The van der Waals surface area contributed by atoms with Crippen LogP contribution in [0.5, 0.6) is 5.75 Å². The van der Waals surface area contributed by atoms with Gasteiger partial charge in [-0.1, -0.05) is 41.9 Å². The maximum atomic E-state index is 12.8. The van der Waals surface area contributed by atoms with Crippen LogP contribution in [0.2, 0.25) is 5.02 Å². The number of carbonyl (C=O) groups is 1. The molecule has 7 heteroatoms. The van der Waals surface area contributed by atoms with Crippen LogP contribution in [0.15, 0.2) is 48.5 Å². The summed E-state index contributed by atoms with van der Waals surface area (Å²) >= 11 is 6.25. The normalized spacial score (nSPS) is 18.7. The van der Waals surface area contributed by atoms with Crippen LogP contribution in [0.3, 0.4) is 0 Å². The van der Waals surface area contributed by atoms with Crippen LogP contribution in [0, 0.1) is 0 Å². The molecule has 2 aliphatic heterocycles. The number of phenolic OH excluding ortho intramolecular Hbond substituents is 1. The molecular formula is C25H33ClN4O2. The number of halogens is 1. The Balaban J connectivity index is 1.15. The Hall–Kier alpha value is -2.12. The van der Waals surface area contributed by atoms with Gasteiger partial charge in [0.15, 0.2) is 0 Å². The molecule has 0 unspecified atom stereocenters. The fourth-order valence-corrected chi connectivity index (χ4v) is 4.65. The van der Waals surface area contributed by atoms with Crippen molar-refractivity contribution in [2.24, 2.45) is 0 Å². The summed E-state index contributed by atoms with van der Waals surface area (Å²) < 4.78 is 0. The number of hydrogen-bond acceptors (Lipinski definition) is 5. The van der Waals surface area contributed by atoms with Gasteiger partial charge in [0.2, 0.25) is 5.91 Å². The SMILES string of the molecule is O=C(CN1CCN(CCc2ccccc2)CC1)N1CCN(Cc2cc(O)ccc2Cl)CC1. The van der Waals surface area contributed by atoms with Gasteiger partial charge in [-0.25, -0.2) is 0 Å². The number of amides is 1. The lowest BCUT2D eigenvalue weighted by Gasteiger charge is -2.38. The first kappa shape index (κ1) is 23.1. The highest BCUT2D eigenvalue weighted by atomic mass is 35.5. The van der Waals surface area contributed by atoms with Crippen LogP contribution >= 0.6 is 11.6 Å². The number of nitrogens with zero attached hydrogens (tertiary/aromatic N) is 4. The van der Waals surface area contributed by atoms with Gasteiger partial charge in [0.25, 0.3) is 0 Å². The fourth-order valence-electron chi connectivity index (χ4n) is 4.47. The van der Waals surface area contributed by atoms with Gasteiger partial charge in [-0.2, -0.15) is 0 Å². The van der Waals surface area contributed by atoms with Crippen molar-refractivity contribution in [1.29, 1.82) is 0 Å². The summed E-state index contributed by atoms with van der Waals surface area (Å²) in [5.74, 6) is 0.469. The van der Waals surface area contributed by atoms with Crippen molar-refractivity contribution in [1.82, 2.24) is 19.6 Å². The second-order valence-electron chi connectivity index (χ2n) is 8.79. The molecule has 0 radical (unpaired) electrons. The van der Waals surface area contributed by atoms with Crippen LogP contribution < -0.4 is 0 Å². The van der Waals surface area contributed by atoms with E-state index in [1.165, 1.54) is 5.56 Å². The maximum absolute atomic E-state index is 12.8. The third kappa shape index (κ3) is 6.45. The average molecular weight is 457 g/mol. The van der Waals surface area contributed by atoms with Gasteiger partial charge in [-0.05, 0) is 35.7 Å². The van der Waals surface area contributed by atoms with Crippen molar-refractivity contribution in [3.63, 3.8) is 0 Å². The quantitative estimate of drug-likeness (QED) is 0.694. The monoisotopic (exact) mass is 456 g/mol. The molecule has 0 aliphatic carbocycles. The lowest BCUT2D eigenvalue weighted by molar-refractivity contribution is -0.134. The third-order valence-corrected chi connectivity index (χ3v) is 6.90. The van der Waals surface area contributed by atoms with Crippen molar-refractivity contribution in [2.75, 3.05) is 65.4 Å². The molecule has 1 N–H and O–H groups in total. The molecule has 2 aromatic carbocycles. The molecule has 1 amide bonds. The van der Waals surface area contributed by atoms with Crippen molar-refractivity contribution in [3.05, 3.63) is 64.7 Å². The molecule has 2 heterocycles. The molecule has 4 rings (SSSR count). The number of piperazine rings is 2. The van der Waals surface area contributed by atoms with E-state index in [1.807, 2.05) is 4.90 Å². The topological polar surface area (TPSA) is 50.3 Å². The number of hydrogen-bond donors (Lipinski definition) is 1. The summed E-state index contributed by atoms with van der Waals surface area (Å²) in [7, 11) is 0. The van der Waals surface area contributed by atoms with Gasteiger partial charge in [0.05, 0.1) is 6.54 Å². The zero-order chi connectivity index (χ0) is 22.3. The van der Waals surface area contributed by atoms with E-state index >= 15 is 0 Å². The van der Waals surface area contributed by atoms with E-state index in [-0.39, 0.29) is 11.7 Å². The maximum Gasteiger partial charge on any atom is 0.236 e. The molecular weight excluding hydrogens is 424 g/mol.